The van der Waals surface area contributed by atoms with Gasteiger partial charge in [-0.2, -0.15) is 0 Å². The third-order valence-corrected chi connectivity index (χ3v) is 10.4. The van der Waals surface area contributed by atoms with E-state index >= 15 is 0 Å². The number of carbonyl (C=O) groups excluding carboxylic acids is 1. The molecular formula is C59H61FN8O4. The van der Waals surface area contributed by atoms with E-state index in [0.717, 1.165) is 29.1 Å². The molecule has 6 aromatic rings. The van der Waals surface area contributed by atoms with Crippen molar-refractivity contribution in [3.05, 3.63) is 233 Å². The van der Waals surface area contributed by atoms with E-state index in [9.17, 15) is 18.8 Å². The second kappa shape index (κ2) is 28.5. The van der Waals surface area contributed by atoms with E-state index in [2.05, 4.69) is 33.8 Å². The van der Waals surface area contributed by atoms with Gasteiger partial charge in [0.15, 0.2) is 10.9 Å². The lowest BCUT2D eigenvalue weighted by atomic mass is 10.1. The molecule has 368 valence electrons. The van der Waals surface area contributed by atoms with Crippen molar-refractivity contribution in [2.75, 3.05) is 16.8 Å². The van der Waals surface area contributed by atoms with Gasteiger partial charge in [-0.05, 0) is 99.5 Å². The minimum Gasteiger partial charge on any atom is -0.471 e. The highest BCUT2D eigenvalue weighted by Gasteiger charge is 2.27. The van der Waals surface area contributed by atoms with Gasteiger partial charge in [-0.3, -0.25) is 18.7 Å². The molecular weight excluding hydrogens is 904 g/mol. The van der Waals surface area contributed by atoms with Crippen LogP contribution in [0.5, 0.6) is 5.88 Å². The van der Waals surface area contributed by atoms with Crippen molar-refractivity contribution in [3.8, 4) is 5.88 Å². The van der Waals surface area contributed by atoms with E-state index in [0.29, 0.717) is 70.6 Å². The predicted octanol–water partition coefficient (Wildman–Crippen LogP) is 14.0. The van der Waals surface area contributed by atoms with Crippen molar-refractivity contribution in [1.82, 2.24) is 24.4 Å². The van der Waals surface area contributed by atoms with Crippen LogP contribution in [0, 0.1) is 0 Å². The number of hydrogen-bond donors (Lipinski definition) is 2. The summed E-state index contributed by atoms with van der Waals surface area (Å²) in [4.78, 5) is 54.9. The number of pyridine rings is 4. The molecule has 0 saturated carbocycles. The Morgan fingerprint density at radius 2 is 1.64 bits per heavy atom. The fourth-order valence-corrected chi connectivity index (χ4v) is 7.26. The van der Waals surface area contributed by atoms with Gasteiger partial charge in [-0.25, -0.2) is 29.0 Å². The van der Waals surface area contributed by atoms with Crippen molar-refractivity contribution in [2.24, 2.45) is 4.99 Å². The normalized spacial score (nSPS) is 12.6. The van der Waals surface area contributed by atoms with E-state index in [1.54, 1.807) is 55.8 Å². The van der Waals surface area contributed by atoms with E-state index in [4.69, 9.17) is 9.72 Å². The van der Waals surface area contributed by atoms with Gasteiger partial charge in [0.2, 0.25) is 5.88 Å². The number of para-hydroxylation sites is 2. The van der Waals surface area contributed by atoms with Gasteiger partial charge in [0.25, 0.3) is 0 Å². The highest BCUT2D eigenvalue weighted by Crippen LogP contribution is 2.37. The van der Waals surface area contributed by atoms with Crippen LogP contribution in [0.25, 0.3) is 28.0 Å². The van der Waals surface area contributed by atoms with Crippen molar-refractivity contribution in [1.29, 1.82) is 0 Å². The van der Waals surface area contributed by atoms with Crippen LogP contribution in [-0.2, 0) is 6.61 Å². The lowest BCUT2D eigenvalue weighted by Crippen LogP contribution is -2.39. The Morgan fingerprint density at radius 3 is 2.32 bits per heavy atom. The molecule has 2 aliphatic rings. The standard InChI is InChI=1S/C27H26N4O2.C27H24N4O2.C3H5F.C2H6/c1-3-17-29-27(33)31(22-15-9-6-10-16-22)24-19-23(32)25-20(2)12-11-18-28-26(25)30(24)21-13-7-4-5-8-14-21;1-3-10-22(11-4-2)31-25(29-20-12-6-5-7-13-20)18-24(32)23-16-15-21(30-27(23)31)19-33-26-14-8-9-17-28-26;1-2-3-4;1-2/h3-4,6-10,12-16,18-19H,1,5,11,17H2,2H3,(H,29,33);3-18,29H,1,19H2,2H3;2-3H,1H3;1-2H3/b;11-4-,22-10+;3-2+;. The number of carbonyl (C=O) groups is 1. The monoisotopic (exact) mass is 964 g/mol. The summed E-state index contributed by atoms with van der Waals surface area (Å²) in [5.74, 6) is 2.02. The number of ether oxygens (including phenoxy) is 1. The molecule has 1 aliphatic heterocycles. The zero-order valence-electron chi connectivity index (χ0n) is 41.4. The quantitative estimate of drug-likeness (QED) is 0.0869. The van der Waals surface area contributed by atoms with Gasteiger partial charge >= 0.3 is 6.03 Å². The first kappa shape index (κ1) is 54.0. The summed E-state index contributed by atoms with van der Waals surface area (Å²) in [6, 6.07) is 30.7. The van der Waals surface area contributed by atoms with Crippen molar-refractivity contribution >= 4 is 69.1 Å². The molecule has 0 unspecified atom stereocenters. The molecule has 1 aliphatic carbocycles. The Bertz CT molecular complexity index is 3160. The third kappa shape index (κ3) is 14.3. The predicted molar refractivity (Wildman–Crippen MR) is 297 cm³/mol. The molecule has 4 aromatic heterocycles. The van der Waals surface area contributed by atoms with E-state index in [1.165, 1.54) is 17.0 Å². The highest BCUT2D eigenvalue weighted by molar-refractivity contribution is 6.00. The minimum atomic E-state index is -0.368. The molecule has 12 nitrogen and oxygen atoms in total. The second-order valence-corrected chi connectivity index (χ2v) is 15.3. The fraction of sp³-hybridized carbons (Fsp3) is 0.153. The number of rotatable bonds is 13. The Hall–Kier alpha value is -8.97. The van der Waals surface area contributed by atoms with E-state index in [-0.39, 0.29) is 23.5 Å². The molecule has 8 rings (SSSR count). The maximum Gasteiger partial charge on any atom is 0.327 e. The maximum atomic E-state index is 13.4. The largest absolute Gasteiger partial charge is 0.471 e. The second-order valence-electron chi connectivity index (χ2n) is 15.3. The molecule has 0 fully saturated rings. The number of benzene rings is 2. The number of allylic oxidation sites excluding steroid dienone is 14. The number of urea groups is 1. The molecule has 0 bridgehead atoms. The van der Waals surface area contributed by atoms with Gasteiger partial charge in [0.1, 0.15) is 29.7 Å². The van der Waals surface area contributed by atoms with Crippen LogP contribution in [0.4, 0.5) is 38.0 Å². The molecule has 0 saturated heterocycles. The summed E-state index contributed by atoms with van der Waals surface area (Å²) < 4.78 is 20.1. The Balaban J connectivity index is 0.000000241. The van der Waals surface area contributed by atoms with Crippen molar-refractivity contribution in [2.45, 2.75) is 54.1 Å². The van der Waals surface area contributed by atoms with Gasteiger partial charge < -0.3 is 15.4 Å². The topological polar surface area (TPSA) is 136 Å². The molecule has 0 radical (unpaired) electrons. The van der Waals surface area contributed by atoms with Crippen LogP contribution in [0.1, 0.15) is 58.7 Å². The average molecular weight is 965 g/mol. The van der Waals surface area contributed by atoms with Crippen LogP contribution in [0.15, 0.2) is 216 Å². The SMILES string of the molecule is C/C=C/F.C=C/C=C(\C=C/C)n1c(Nc2ccccc2)cc(=O)c2ccc(COc3ccccn3)nc21.C=CCNC(=O)N(c1ccccc1)c1cc(=O)c2c(n1C1=CC=CCC=C1)N=CCC=C2C.CC. The number of nitrogens with zero attached hydrogens (tertiary/aromatic N) is 6. The zero-order chi connectivity index (χ0) is 51.7. The number of aliphatic imine (C=N–C) groups is 1. The summed E-state index contributed by atoms with van der Waals surface area (Å²) in [5.41, 5.74) is 5.40. The molecule has 13 heteroatoms. The van der Waals surface area contributed by atoms with Crippen LogP contribution in [0.3, 0.4) is 0 Å². The number of hydrogen-bond acceptors (Lipinski definition) is 8. The molecule has 0 atom stereocenters. The van der Waals surface area contributed by atoms with Crippen molar-refractivity contribution < 1.29 is 13.9 Å². The van der Waals surface area contributed by atoms with Gasteiger partial charge in [0, 0.05) is 60.7 Å². The molecule has 0 spiro atoms. The summed E-state index contributed by atoms with van der Waals surface area (Å²) >= 11 is 0. The Labute approximate surface area is 421 Å². The highest BCUT2D eigenvalue weighted by atomic mass is 19.1. The number of halogens is 1. The van der Waals surface area contributed by atoms with Gasteiger partial charge in [-0.15, -0.1) is 6.58 Å². The lowest BCUT2D eigenvalue weighted by molar-refractivity contribution is 0.249. The number of fused-ring (bicyclic) bond motifs is 2. The van der Waals surface area contributed by atoms with Crippen LogP contribution >= 0.6 is 0 Å². The Morgan fingerprint density at radius 1 is 0.903 bits per heavy atom. The van der Waals surface area contributed by atoms with E-state index in [1.807, 2.05) is 164 Å². The average Bonchev–Trinajstić information content (AvgIpc) is 3.80. The summed E-state index contributed by atoms with van der Waals surface area (Å²) in [7, 11) is 0. The third-order valence-electron chi connectivity index (χ3n) is 10.4. The molecule has 72 heavy (non-hydrogen) atoms. The molecule has 2 aromatic carbocycles. The lowest BCUT2D eigenvalue weighted by Gasteiger charge is -2.28. The van der Waals surface area contributed by atoms with Gasteiger partial charge in [-0.1, -0.05) is 111 Å². The minimum absolute atomic E-state index is 0.122. The molecule has 2 amide bonds. The zero-order valence-corrected chi connectivity index (χ0v) is 41.4. The summed E-state index contributed by atoms with van der Waals surface area (Å²) in [5, 5.41) is 6.71. The summed E-state index contributed by atoms with van der Waals surface area (Å²) in [6.45, 7) is 17.5. The first-order chi connectivity index (χ1) is 35.2. The van der Waals surface area contributed by atoms with E-state index < -0.39 is 0 Å². The number of aromatic nitrogens is 4. The molecule has 5 heterocycles. The van der Waals surface area contributed by atoms with Crippen molar-refractivity contribution in [3.63, 3.8) is 0 Å². The fourth-order valence-electron chi connectivity index (χ4n) is 7.26. The maximum absolute atomic E-state index is 13.4. The van der Waals surface area contributed by atoms with Crippen LogP contribution in [0.2, 0.25) is 0 Å². The van der Waals surface area contributed by atoms with Crippen LogP contribution in [-0.4, -0.2) is 37.9 Å². The Kier molecular flexibility index (Phi) is 21.4. The summed E-state index contributed by atoms with van der Waals surface area (Å²) in [6.07, 6.45) is 27.8. The smallest absolute Gasteiger partial charge is 0.327 e. The van der Waals surface area contributed by atoms with Crippen LogP contribution < -0.4 is 31.1 Å². The first-order valence-electron chi connectivity index (χ1n) is 23.6. The van der Waals surface area contributed by atoms with Gasteiger partial charge in [0.05, 0.1) is 28.7 Å². The number of nitrogens with one attached hydrogen (secondary N) is 2. The number of amides is 2. The number of anilines is 4. The first-order valence-corrected chi connectivity index (χ1v) is 23.6. The molecule has 2 N–H and O–H groups in total.